The SMILES string of the molecule is O=C1c2oc3ccc(Br)cc3c(=O)c2[C@H](c2ccc(Cl)cc2)N1Cc1ccc2c(c1)OCO2. The average molecular weight is 525 g/mol. The molecule has 8 heteroatoms. The van der Waals surface area contributed by atoms with Gasteiger partial charge in [-0.1, -0.05) is 45.7 Å². The Kier molecular flexibility index (Phi) is 4.71. The monoisotopic (exact) mass is 523 g/mol. The van der Waals surface area contributed by atoms with Gasteiger partial charge < -0.3 is 18.8 Å². The summed E-state index contributed by atoms with van der Waals surface area (Å²) in [5, 5.41) is 0.986. The predicted molar refractivity (Wildman–Crippen MR) is 126 cm³/mol. The molecule has 4 aromatic rings. The molecule has 0 N–H and O–H groups in total. The number of amides is 1. The van der Waals surface area contributed by atoms with E-state index in [1.54, 1.807) is 35.2 Å². The van der Waals surface area contributed by atoms with Gasteiger partial charge in [-0.15, -0.1) is 0 Å². The Morgan fingerprint density at radius 1 is 0.970 bits per heavy atom. The second kappa shape index (κ2) is 7.64. The number of rotatable bonds is 3. The van der Waals surface area contributed by atoms with Crippen LogP contribution in [-0.2, 0) is 6.54 Å². The van der Waals surface area contributed by atoms with Crippen molar-refractivity contribution < 1.29 is 18.7 Å². The summed E-state index contributed by atoms with van der Waals surface area (Å²) < 4.78 is 17.6. The van der Waals surface area contributed by atoms with Crippen LogP contribution in [0.15, 0.2) is 74.3 Å². The number of halogens is 2. The van der Waals surface area contributed by atoms with Crippen LogP contribution in [0.25, 0.3) is 11.0 Å². The van der Waals surface area contributed by atoms with Gasteiger partial charge in [0.15, 0.2) is 16.9 Å². The van der Waals surface area contributed by atoms with Crippen LogP contribution in [0.4, 0.5) is 0 Å². The average Bonchev–Trinajstić information content (AvgIpc) is 3.38. The van der Waals surface area contributed by atoms with Crippen LogP contribution in [0.1, 0.15) is 33.3 Å². The lowest BCUT2D eigenvalue weighted by Gasteiger charge is -2.25. The van der Waals surface area contributed by atoms with Gasteiger partial charge in [0.05, 0.1) is 17.0 Å². The quantitative estimate of drug-likeness (QED) is 0.345. The Balaban J connectivity index is 1.52. The van der Waals surface area contributed by atoms with Gasteiger partial charge >= 0.3 is 0 Å². The first-order valence-corrected chi connectivity index (χ1v) is 11.4. The lowest BCUT2D eigenvalue weighted by atomic mass is 9.98. The highest BCUT2D eigenvalue weighted by molar-refractivity contribution is 9.10. The number of benzene rings is 3. The fourth-order valence-corrected chi connectivity index (χ4v) is 4.87. The van der Waals surface area contributed by atoms with E-state index in [9.17, 15) is 9.59 Å². The standard InChI is InChI=1S/C25H15BrClNO5/c26-15-4-8-18-17(10-15)23(29)21-22(14-2-5-16(27)6-3-14)28(25(30)24(21)33-18)11-13-1-7-19-20(9-13)32-12-31-19/h1-10,22H,11-12H2/t22-/m0/s1. The van der Waals surface area contributed by atoms with Gasteiger partial charge in [0, 0.05) is 16.0 Å². The summed E-state index contributed by atoms with van der Waals surface area (Å²) in [7, 11) is 0. The van der Waals surface area contributed by atoms with Gasteiger partial charge in [0.2, 0.25) is 12.6 Å². The first-order valence-electron chi connectivity index (χ1n) is 10.2. The fraction of sp³-hybridized carbons (Fsp3) is 0.120. The predicted octanol–water partition coefficient (Wildman–Crippen LogP) is 5.68. The summed E-state index contributed by atoms with van der Waals surface area (Å²) in [6.07, 6.45) is 0. The maximum absolute atomic E-state index is 13.6. The molecule has 0 fully saturated rings. The number of nitrogens with zero attached hydrogens (tertiary/aromatic N) is 1. The number of carbonyl (C=O) groups excluding carboxylic acids is 1. The second-order valence-corrected chi connectivity index (χ2v) is 9.24. The Labute approximate surface area is 201 Å². The van der Waals surface area contributed by atoms with Crippen molar-refractivity contribution >= 4 is 44.4 Å². The van der Waals surface area contributed by atoms with Crippen molar-refractivity contribution in [2.24, 2.45) is 0 Å². The van der Waals surface area contributed by atoms with Crippen LogP contribution in [-0.4, -0.2) is 17.6 Å². The number of carbonyl (C=O) groups is 1. The van der Waals surface area contributed by atoms with Gasteiger partial charge in [-0.25, -0.2) is 0 Å². The second-order valence-electron chi connectivity index (χ2n) is 7.89. The lowest BCUT2D eigenvalue weighted by Crippen LogP contribution is -2.29. The third-order valence-corrected chi connectivity index (χ3v) is 6.65. The molecule has 3 aromatic carbocycles. The molecule has 164 valence electrons. The van der Waals surface area contributed by atoms with Crippen molar-refractivity contribution in [3.05, 3.63) is 103 Å². The molecule has 0 aliphatic carbocycles. The highest BCUT2D eigenvalue weighted by Crippen LogP contribution is 2.40. The molecule has 3 heterocycles. The van der Waals surface area contributed by atoms with Crippen molar-refractivity contribution in [2.45, 2.75) is 12.6 Å². The minimum atomic E-state index is -0.616. The van der Waals surface area contributed by atoms with Crippen LogP contribution < -0.4 is 14.9 Å². The summed E-state index contributed by atoms with van der Waals surface area (Å²) in [4.78, 5) is 28.8. The molecular formula is C25H15BrClNO5. The maximum Gasteiger partial charge on any atom is 0.291 e. The summed E-state index contributed by atoms with van der Waals surface area (Å²) >= 11 is 9.52. The summed E-state index contributed by atoms with van der Waals surface area (Å²) in [6.45, 7) is 0.424. The molecule has 6 rings (SSSR count). The van der Waals surface area contributed by atoms with E-state index in [0.717, 1.165) is 15.6 Å². The van der Waals surface area contributed by atoms with Crippen LogP contribution in [0, 0.1) is 0 Å². The molecule has 0 radical (unpaired) electrons. The summed E-state index contributed by atoms with van der Waals surface area (Å²) in [5.41, 5.74) is 2.09. The zero-order valence-corrected chi connectivity index (χ0v) is 19.4. The Bertz CT molecular complexity index is 1500. The van der Waals surface area contributed by atoms with Gasteiger partial charge in [-0.2, -0.15) is 0 Å². The zero-order chi connectivity index (χ0) is 22.7. The van der Waals surface area contributed by atoms with E-state index in [0.29, 0.717) is 33.1 Å². The molecule has 6 nitrogen and oxygen atoms in total. The van der Waals surface area contributed by atoms with E-state index < -0.39 is 6.04 Å². The van der Waals surface area contributed by atoms with Crippen molar-refractivity contribution in [1.29, 1.82) is 0 Å². The zero-order valence-electron chi connectivity index (χ0n) is 17.0. The van der Waals surface area contributed by atoms with Crippen molar-refractivity contribution in [2.75, 3.05) is 6.79 Å². The van der Waals surface area contributed by atoms with Crippen LogP contribution in [0.3, 0.4) is 0 Å². The molecular weight excluding hydrogens is 510 g/mol. The normalized spacial score (nSPS) is 16.5. The van der Waals surface area contributed by atoms with Crippen molar-refractivity contribution in [3.63, 3.8) is 0 Å². The van der Waals surface area contributed by atoms with Gasteiger partial charge in [-0.05, 0) is 53.6 Å². The van der Waals surface area contributed by atoms with Gasteiger partial charge in [-0.3, -0.25) is 9.59 Å². The highest BCUT2D eigenvalue weighted by atomic mass is 79.9. The van der Waals surface area contributed by atoms with Crippen LogP contribution in [0.2, 0.25) is 5.02 Å². The van der Waals surface area contributed by atoms with E-state index in [4.69, 9.17) is 25.5 Å². The molecule has 1 atom stereocenters. The van der Waals surface area contributed by atoms with E-state index in [-0.39, 0.29) is 30.4 Å². The highest BCUT2D eigenvalue weighted by Gasteiger charge is 2.42. The Hall–Kier alpha value is -3.29. The smallest absolute Gasteiger partial charge is 0.291 e. The Morgan fingerprint density at radius 2 is 1.76 bits per heavy atom. The molecule has 0 spiro atoms. The molecule has 0 bridgehead atoms. The molecule has 1 amide bonds. The van der Waals surface area contributed by atoms with E-state index in [1.807, 2.05) is 30.3 Å². The lowest BCUT2D eigenvalue weighted by molar-refractivity contribution is 0.0714. The first-order chi connectivity index (χ1) is 16.0. The van der Waals surface area contributed by atoms with E-state index in [1.165, 1.54) is 0 Å². The van der Waals surface area contributed by atoms with Crippen molar-refractivity contribution in [3.8, 4) is 11.5 Å². The molecule has 0 saturated heterocycles. The maximum atomic E-state index is 13.6. The first kappa shape index (κ1) is 20.3. The Morgan fingerprint density at radius 3 is 2.58 bits per heavy atom. The molecule has 2 aliphatic heterocycles. The summed E-state index contributed by atoms with van der Waals surface area (Å²) in [6, 6.07) is 17.3. The molecule has 1 aromatic heterocycles. The third kappa shape index (κ3) is 3.31. The number of fused-ring (bicyclic) bond motifs is 3. The van der Waals surface area contributed by atoms with E-state index >= 15 is 0 Å². The van der Waals surface area contributed by atoms with Gasteiger partial charge in [0.25, 0.3) is 5.91 Å². The molecule has 0 unspecified atom stereocenters. The largest absolute Gasteiger partial charge is 0.454 e. The molecule has 0 saturated carbocycles. The number of hydrogen-bond acceptors (Lipinski definition) is 5. The number of ether oxygens (including phenoxy) is 2. The molecule has 2 aliphatic rings. The van der Waals surface area contributed by atoms with Crippen LogP contribution >= 0.6 is 27.5 Å². The topological polar surface area (TPSA) is 69.0 Å². The minimum absolute atomic E-state index is 0.0653. The van der Waals surface area contributed by atoms with Crippen LogP contribution in [0.5, 0.6) is 11.5 Å². The summed E-state index contributed by atoms with van der Waals surface area (Å²) in [5.74, 6) is 1.02. The molecule has 33 heavy (non-hydrogen) atoms. The fourth-order valence-electron chi connectivity index (χ4n) is 4.38. The number of hydrogen-bond donors (Lipinski definition) is 0. The van der Waals surface area contributed by atoms with Crippen molar-refractivity contribution in [1.82, 2.24) is 4.90 Å². The van der Waals surface area contributed by atoms with E-state index in [2.05, 4.69) is 15.9 Å². The third-order valence-electron chi connectivity index (χ3n) is 5.90. The minimum Gasteiger partial charge on any atom is -0.454 e. The van der Waals surface area contributed by atoms with Gasteiger partial charge in [0.1, 0.15) is 5.58 Å².